The fourth-order valence-corrected chi connectivity index (χ4v) is 3.93. The first-order chi connectivity index (χ1) is 19.9. The summed E-state index contributed by atoms with van der Waals surface area (Å²) < 4.78 is 5.27. The van der Waals surface area contributed by atoms with Crippen LogP contribution in [0.5, 0.6) is 5.75 Å². The zero-order valence-corrected chi connectivity index (χ0v) is 23.8. The second-order valence-electron chi connectivity index (χ2n) is 10.3. The topological polar surface area (TPSA) is 215 Å². The van der Waals surface area contributed by atoms with Gasteiger partial charge in [-0.3, -0.25) is 19.2 Å². The molecule has 228 valence electrons. The molecule has 13 nitrogen and oxygen atoms in total. The number of carbonyl (C=O) groups excluding carboxylic acids is 5. The van der Waals surface area contributed by atoms with E-state index in [2.05, 4.69) is 21.3 Å². The largest absolute Gasteiger partial charge is 0.508 e. The number of hydrogen-bond acceptors (Lipinski definition) is 8. The van der Waals surface area contributed by atoms with E-state index in [9.17, 15) is 29.1 Å². The van der Waals surface area contributed by atoms with E-state index < -0.39 is 47.8 Å². The summed E-state index contributed by atoms with van der Waals surface area (Å²) in [6.07, 6.45) is 0.0343. The van der Waals surface area contributed by atoms with Gasteiger partial charge in [0.2, 0.25) is 23.6 Å². The summed E-state index contributed by atoms with van der Waals surface area (Å²) in [4.78, 5) is 61.0. The molecule has 0 spiro atoms. The number of hydrogen-bond donors (Lipinski definition) is 7. The number of nitrogens with two attached hydrogens (primary N) is 2. The van der Waals surface area contributed by atoms with Gasteiger partial charge < -0.3 is 42.6 Å². The van der Waals surface area contributed by atoms with Crippen molar-refractivity contribution in [2.45, 2.75) is 51.2 Å². The number of benzene rings is 2. The van der Waals surface area contributed by atoms with Crippen molar-refractivity contribution in [1.82, 2.24) is 21.3 Å². The molecule has 0 aromatic heterocycles. The first kappa shape index (κ1) is 33.6. The molecular formula is C29H40N6O7. The van der Waals surface area contributed by atoms with E-state index in [0.717, 1.165) is 11.1 Å². The molecule has 2 rings (SSSR count). The van der Waals surface area contributed by atoms with Gasteiger partial charge in [0.1, 0.15) is 18.4 Å². The molecule has 0 fully saturated rings. The summed E-state index contributed by atoms with van der Waals surface area (Å²) in [6.45, 7) is 2.79. The molecule has 0 aliphatic carbocycles. The molecule has 0 heterocycles. The van der Waals surface area contributed by atoms with Gasteiger partial charge in [0.25, 0.3) is 0 Å². The summed E-state index contributed by atoms with van der Waals surface area (Å²) >= 11 is 0. The Balaban J connectivity index is 1.83. The maximum atomic E-state index is 12.6. The van der Waals surface area contributed by atoms with Crippen molar-refractivity contribution >= 4 is 29.7 Å². The van der Waals surface area contributed by atoms with Crippen molar-refractivity contribution in [3.63, 3.8) is 0 Å². The lowest BCUT2D eigenvalue weighted by molar-refractivity contribution is -0.128. The SMILES string of the molecule is CC(C)C[C@H](NC(=O)OC[C@H](Cc1ccccc1)NC(=O)CNC(=O)CNC(=O)[C@@H](N)Cc1ccc(O)cc1)C(N)=O. The Labute approximate surface area is 244 Å². The van der Waals surface area contributed by atoms with Gasteiger partial charge >= 0.3 is 6.09 Å². The number of amides is 5. The Morgan fingerprint density at radius 1 is 0.833 bits per heavy atom. The van der Waals surface area contributed by atoms with E-state index in [-0.39, 0.29) is 37.8 Å². The molecule has 42 heavy (non-hydrogen) atoms. The Morgan fingerprint density at radius 2 is 1.45 bits per heavy atom. The highest BCUT2D eigenvalue weighted by atomic mass is 16.5. The number of phenolic OH excluding ortho intramolecular Hbond substituents is 1. The summed E-state index contributed by atoms with van der Waals surface area (Å²) in [5.41, 5.74) is 12.9. The maximum absolute atomic E-state index is 12.6. The molecule has 13 heteroatoms. The van der Waals surface area contributed by atoms with E-state index >= 15 is 0 Å². The fraction of sp³-hybridized carbons (Fsp3) is 0.414. The van der Waals surface area contributed by atoms with Gasteiger partial charge in [0.15, 0.2) is 0 Å². The predicted octanol–water partition coefficient (Wildman–Crippen LogP) is -0.152. The molecule has 0 bridgehead atoms. The molecule has 3 atom stereocenters. The Bertz CT molecular complexity index is 1190. The monoisotopic (exact) mass is 584 g/mol. The third-order valence-corrected chi connectivity index (χ3v) is 6.05. The number of aromatic hydroxyl groups is 1. The molecule has 2 aromatic rings. The minimum Gasteiger partial charge on any atom is -0.508 e. The van der Waals surface area contributed by atoms with Crippen molar-refractivity contribution < 1.29 is 33.8 Å². The van der Waals surface area contributed by atoms with Crippen LogP contribution >= 0.6 is 0 Å². The molecule has 0 aliphatic rings. The second kappa shape index (κ2) is 17.2. The molecule has 0 radical (unpaired) electrons. The van der Waals surface area contributed by atoms with Crippen LogP contribution < -0.4 is 32.7 Å². The predicted molar refractivity (Wildman–Crippen MR) is 155 cm³/mol. The Hall–Kier alpha value is -4.65. The number of nitrogens with one attached hydrogen (secondary N) is 4. The molecule has 0 saturated heterocycles. The Morgan fingerprint density at radius 3 is 2.07 bits per heavy atom. The van der Waals surface area contributed by atoms with Gasteiger partial charge in [0.05, 0.1) is 25.2 Å². The van der Waals surface area contributed by atoms with Crippen molar-refractivity contribution in [2.24, 2.45) is 17.4 Å². The number of phenols is 1. The molecule has 0 unspecified atom stereocenters. The van der Waals surface area contributed by atoms with Gasteiger partial charge in [-0.05, 0) is 48.4 Å². The number of primary amides is 1. The molecule has 9 N–H and O–H groups in total. The van der Waals surface area contributed by atoms with Crippen LogP contribution in [-0.4, -0.2) is 72.7 Å². The van der Waals surface area contributed by atoms with Gasteiger partial charge in [-0.2, -0.15) is 0 Å². The van der Waals surface area contributed by atoms with Crippen LogP contribution in [0.1, 0.15) is 31.4 Å². The fourth-order valence-electron chi connectivity index (χ4n) is 3.93. The summed E-state index contributed by atoms with van der Waals surface area (Å²) in [6, 6.07) is 13.0. The van der Waals surface area contributed by atoms with E-state index in [1.54, 1.807) is 12.1 Å². The normalized spacial score (nSPS) is 12.9. The third kappa shape index (κ3) is 13.1. The highest BCUT2D eigenvalue weighted by Crippen LogP contribution is 2.11. The highest BCUT2D eigenvalue weighted by molar-refractivity contribution is 5.89. The van der Waals surface area contributed by atoms with Gasteiger partial charge in [-0.1, -0.05) is 56.3 Å². The minimum absolute atomic E-state index is 0.0948. The smallest absolute Gasteiger partial charge is 0.407 e. The summed E-state index contributed by atoms with van der Waals surface area (Å²) in [5, 5.41) is 19.4. The van der Waals surface area contributed by atoms with Crippen LogP contribution in [0.2, 0.25) is 0 Å². The second-order valence-corrected chi connectivity index (χ2v) is 10.3. The number of ether oxygens (including phenoxy) is 1. The van der Waals surface area contributed by atoms with E-state index in [1.807, 2.05) is 44.2 Å². The van der Waals surface area contributed by atoms with Crippen LogP contribution in [-0.2, 0) is 36.8 Å². The van der Waals surface area contributed by atoms with Gasteiger partial charge in [-0.25, -0.2) is 4.79 Å². The Kier molecular flexibility index (Phi) is 13.8. The maximum Gasteiger partial charge on any atom is 0.407 e. The molecule has 0 aliphatic heterocycles. The molecular weight excluding hydrogens is 544 g/mol. The zero-order valence-electron chi connectivity index (χ0n) is 23.8. The van der Waals surface area contributed by atoms with E-state index in [0.29, 0.717) is 12.8 Å². The highest BCUT2D eigenvalue weighted by Gasteiger charge is 2.22. The minimum atomic E-state index is -0.912. The quantitative estimate of drug-likeness (QED) is 0.140. The van der Waals surface area contributed by atoms with E-state index in [4.69, 9.17) is 16.2 Å². The van der Waals surface area contributed by atoms with Crippen molar-refractivity contribution in [3.05, 3.63) is 65.7 Å². The van der Waals surface area contributed by atoms with Crippen molar-refractivity contribution in [2.75, 3.05) is 19.7 Å². The summed E-state index contributed by atoms with van der Waals surface area (Å²) in [7, 11) is 0. The van der Waals surface area contributed by atoms with Crippen molar-refractivity contribution in [3.8, 4) is 5.75 Å². The van der Waals surface area contributed by atoms with Crippen LogP contribution in [0.4, 0.5) is 4.79 Å². The average Bonchev–Trinajstić information content (AvgIpc) is 2.94. The molecule has 5 amide bonds. The summed E-state index contributed by atoms with van der Waals surface area (Å²) in [5.74, 6) is -2.17. The molecule has 0 saturated carbocycles. The van der Waals surface area contributed by atoms with Crippen LogP contribution in [0, 0.1) is 5.92 Å². The van der Waals surface area contributed by atoms with Crippen molar-refractivity contribution in [1.29, 1.82) is 0 Å². The number of carbonyl (C=O) groups is 5. The average molecular weight is 585 g/mol. The van der Waals surface area contributed by atoms with Crippen LogP contribution in [0.25, 0.3) is 0 Å². The number of rotatable bonds is 16. The lowest BCUT2D eigenvalue weighted by Crippen LogP contribution is -2.49. The lowest BCUT2D eigenvalue weighted by atomic mass is 10.0. The van der Waals surface area contributed by atoms with E-state index in [1.165, 1.54) is 12.1 Å². The van der Waals surface area contributed by atoms with Crippen LogP contribution in [0.15, 0.2) is 54.6 Å². The molecule has 2 aromatic carbocycles. The van der Waals surface area contributed by atoms with Gasteiger partial charge in [-0.15, -0.1) is 0 Å². The first-order valence-electron chi connectivity index (χ1n) is 13.6. The first-order valence-corrected chi connectivity index (χ1v) is 13.6. The third-order valence-electron chi connectivity index (χ3n) is 6.05. The zero-order chi connectivity index (χ0) is 31.1. The number of alkyl carbamates (subject to hydrolysis) is 1. The van der Waals surface area contributed by atoms with Gasteiger partial charge in [0, 0.05) is 0 Å². The lowest BCUT2D eigenvalue weighted by Gasteiger charge is -2.21. The van der Waals surface area contributed by atoms with Crippen LogP contribution in [0.3, 0.4) is 0 Å². The standard InChI is InChI=1S/C29H40N6O7/c1-18(2)12-24(27(31)39)35-29(41)42-17-21(13-19-6-4-3-5-7-19)34-26(38)16-32-25(37)15-33-28(40)23(30)14-20-8-10-22(36)11-9-20/h3-11,18,21,23-24,36H,12-17,30H2,1-2H3,(H2,31,39)(H,32,37)(H,33,40)(H,34,38)(H,35,41)/t21-,23-,24-/m0/s1.